The molecule has 0 aliphatic carbocycles. The predicted octanol–water partition coefficient (Wildman–Crippen LogP) is 3.69. The predicted molar refractivity (Wildman–Crippen MR) is 75.0 cm³/mol. The molecule has 0 aromatic heterocycles. The normalized spacial score (nSPS) is 12.1. The van der Waals surface area contributed by atoms with Crippen LogP contribution < -0.4 is 5.32 Å². The second-order valence-electron chi connectivity index (χ2n) is 4.62. The van der Waals surface area contributed by atoms with Gasteiger partial charge < -0.3 is 10.4 Å². The van der Waals surface area contributed by atoms with Crippen LogP contribution in [0.5, 0.6) is 0 Å². The minimum absolute atomic E-state index is 0.489. The van der Waals surface area contributed by atoms with E-state index >= 15 is 0 Å². The van der Waals surface area contributed by atoms with Gasteiger partial charge in [-0.1, -0.05) is 38.8 Å². The standard InChI is InChI=1S/C15H23NO2/c1-3-5-7-12-8-10-13(11-9-12)16-14(6-4-2)15(17)18/h8-11,14,16H,3-7H2,1-2H3,(H,17,18). The zero-order valence-corrected chi connectivity index (χ0v) is 11.3. The molecule has 1 atom stereocenters. The average molecular weight is 249 g/mol. The monoisotopic (exact) mass is 249 g/mol. The van der Waals surface area contributed by atoms with Gasteiger partial charge in [0.05, 0.1) is 0 Å². The van der Waals surface area contributed by atoms with Crippen molar-refractivity contribution in [2.45, 2.75) is 52.0 Å². The summed E-state index contributed by atoms with van der Waals surface area (Å²) in [6, 6.07) is 7.59. The molecule has 0 amide bonds. The first-order valence-electron chi connectivity index (χ1n) is 6.75. The lowest BCUT2D eigenvalue weighted by atomic mass is 10.1. The van der Waals surface area contributed by atoms with Crippen LogP contribution >= 0.6 is 0 Å². The molecule has 0 saturated carbocycles. The Balaban J connectivity index is 2.58. The molecule has 0 aliphatic rings. The van der Waals surface area contributed by atoms with Crippen molar-refractivity contribution in [1.29, 1.82) is 0 Å². The van der Waals surface area contributed by atoms with Gasteiger partial charge in [-0.3, -0.25) is 0 Å². The lowest BCUT2D eigenvalue weighted by molar-refractivity contribution is -0.138. The van der Waals surface area contributed by atoms with Gasteiger partial charge >= 0.3 is 5.97 Å². The van der Waals surface area contributed by atoms with E-state index in [0.717, 1.165) is 18.5 Å². The summed E-state index contributed by atoms with van der Waals surface area (Å²) in [4.78, 5) is 11.0. The molecule has 18 heavy (non-hydrogen) atoms. The molecule has 1 aromatic rings. The number of anilines is 1. The largest absolute Gasteiger partial charge is 0.480 e. The van der Waals surface area contributed by atoms with Crippen LogP contribution in [0.15, 0.2) is 24.3 Å². The fourth-order valence-corrected chi connectivity index (χ4v) is 1.90. The summed E-state index contributed by atoms with van der Waals surface area (Å²) in [7, 11) is 0. The van der Waals surface area contributed by atoms with E-state index in [0.29, 0.717) is 6.42 Å². The number of carboxylic acid groups (broad SMARTS) is 1. The van der Waals surface area contributed by atoms with Crippen molar-refractivity contribution >= 4 is 11.7 Å². The van der Waals surface area contributed by atoms with Gasteiger partial charge in [0.2, 0.25) is 0 Å². The van der Waals surface area contributed by atoms with Crippen molar-refractivity contribution in [1.82, 2.24) is 0 Å². The van der Waals surface area contributed by atoms with Crippen molar-refractivity contribution in [3.05, 3.63) is 29.8 Å². The van der Waals surface area contributed by atoms with Crippen molar-refractivity contribution in [2.24, 2.45) is 0 Å². The van der Waals surface area contributed by atoms with Crippen molar-refractivity contribution < 1.29 is 9.90 Å². The van der Waals surface area contributed by atoms with Crippen molar-refractivity contribution in [2.75, 3.05) is 5.32 Å². The minimum atomic E-state index is -0.785. The number of hydrogen-bond donors (Lipinski definition) is 2. The van der Waals surface area contributed by atoms with E-state index in [4.69, 9.17) is 5.11 Å². The van der Waals surface area contributed by atoms with Crippen LogP contribution in [0.3, 0.4) is 0 Å². The second-order valence-corrected chi connectivity index (χ2v) is 4.62. The zero-order valence-electron chi connectivity index (χ0n) is 11.3. The number of unbranched alkanes of at least 4 members (excludes halogenated alkanes) is 1. The Morgan fingerprint density at radius 1 is 1.22 bits per heavy atom. The molecule has 3 heteroatoms. The van der Waals surface area contributed by atoms with Gasteiger partial charge in [0.1, 0.15) is 6.04 Å². The zero-order chi connectivity index (χ0) is 13.4. The molecule has 0 saturated heterocycles. The highest BCUT2D eigenvalue weighted by Crippen LogP contribution is 2.14. The summed E-state index contributed by atoms with van der Waals surface area (Å²) in [6.07, 6.45) is 4.98. The topological polar surface area (TPSA) is 49.3 Å². The number of aryl methyl sites for hydroxylation is 1. The van der Waals surface area contributed by atoms with Crippen LogP contribution in [0.1, 0.15) is 45.1 Å². The quantitative estimate of drug-likeness (QED) is 0.738. The Hall–Kier alpha value is -1.51. The lowest BCUT2D eigenvalue weighted by Gasteiger charge is -2.15. The smallest absolute Gasteiger partial charge is 0.326 e. The molecule has 0 aliphatic heterocycles. The van der Waals surface area contributed by atoms with Crippen LogP contribution in [0.4, 0.5) is 5.69 Å². The van der Waals surface area contributed by atoms with Gasteiger partial charge in [0.25, 0.3) is 0 Å². The van der Waals surface area contributed by atoms with Crippen LogP contribution in [0, 0.1) is 0 Å². The van der Waals surface area contributed by atoms with E-state index in [2.05, 4.69) is 24.4 Å². The molecule has 3 nitrogen and oxygen atoms in total. The fourth-order valence-electron chi connectivity index (χ4n) is 1.90. The van der Waals surface area contributed by atoms with E-state index in [9.17, 15) is 4.79 Å². The summed E-state index contributed by atoms with van der Waals surface area (Å²) in [5.74, 6) is -0.785. The van der Waals surface area contributed by atoms with Crippen molar-refractivity contribution in [3.63, 3.8) is 0 Å². The highest BCUT2D eigenvalue weighted by molar-refractivity contribution is 5.77. The Morgan fingerprint density at radius 3 is 2.39 bits per heavy atom. The Bertz CT molecular complexity index is 359. The van der Waals surface area contributed by atoms with E-state index in [1.807, 2.05) is 19.1 Å². The molecular formula is C15H23NO2. The summed E-state index contributed by atoms with van der Waals surface area (Å²) in [5.41, 5.74) is 2.20. The lowest BCUT2D eigenvalue weighted by Crippen LogP contribution is -2.28. The van der Waals surface area contributed by atoms with Crippen LogP contribution in [-0.4, -0.2) is 17.1 Å². The van der Waals surface area contributed by atoms with Gasteiger partial charge in [-0.15, -0.1) is 0 Å². The SMILES string of the molecule is CCCCc1ccc(NC(CCC)C(=O)O)cc1. The highest BCUT2D eigenvalue weighted by Gasteiger charge is 2.15. The summed E-state index contributed by atoms with van der Waals surface area (Å²) < 4.78 is 0. The molecular weight excluding hydrogens is 226 g/mol. The van der Waals surface area contributed by atoms with E-state index < -0.39 is 12.0 Å². The van der Waals surface area contributed by atoms with E-state index in [-0.39, 0.29) is 0 Å². The molecule has 2 N–H and O–H groups in total. The number of aliphatic carboxylic acids is 1. The van der Waals surface area contributed by atoms with Crippen LogP contribution in [0.25, 0.3) is 0 Å². The first-order chi connectivity index (χ1) is 8.67. The molecule has 1 rings (SSSR count). The van der Waals surface area contributed by atoms with Gasteiger partial charge in [-0.2, -0.15) is 0 Å². The molecule has 0 fully saturated rings. The third kappa shape index (κ3) is 4.78. The molecule has 0 spiro atoms. The summed E-state index contributed by atoms with van der Waals surface area (Å²) >= 11 is 0. The molecule has 100 valence electrons. The fraction of sp³-hybridized carbons (Fsp3) is 0.533. The Morgan fingerprint density at radius 2 is 1.89 bits per heavy atom. The number of carboxylic acids is 1. The van der Waals surface area contributed by atoms with Crippen LogP contribution in [-0.2, 0) is 11.2 Å². The second kappa shape index (κ2) is 7.75. The molecule has 0 heterocycles. The highest BCUT2D eigenvalue weighted by atomic mass is 16.4. The number of carbonyl (C=O) groups is 1. The molecule has 0 bridgehead atoms. The molecule has 0 radical (unpaired) electrons. The maximum Gasteiger partial charge on any atom is 0.326 e. The van der Waals surface area contributed by atoms with E-state index in [1.165, 1.54) is 18.4 Å². The van der Waals surface area contributed by atoms with E-state index in [1.54, 1.807) is 0 Å². The Kier molecular flexibility index (Phi) is 6.26. The number of benzene rings is 1. The third-order valence-corrected chi connectivity index (χ3v) is 2.99. The summed E-state index contributed by atoms with van der Waals surface area (Å²) in [5, 5.41) is 12.1. The first-order valence-corrected chi connectivity index (χ1v) is 6.75. The van der Waals surface area contributed by atoms with Gasteiger partial charge in [0, 0.05) is 5.69 Å². The van der Waals surface area contributed by atoms with Crippen LogP contribution in [0.2, 0.25) is 0 Å². The third-order valence-electron chi connectivity index (χ3n) is 2.99. The number of rotatable bonds is 8. The summed E-state index contributed by atoms with van der Waals surface area (Å²) in [6.45, 7) is 4.17. The maximum atomic E-state index is 11.0. The van der Waals surface area contributed by atoms with Gasteiger partial charge in [-0.05, 0) is 37.0 Å². The molecule has 1 aromatic carbocycles. The minimum Gasteiger partial charge on any atom is -0.480 e. The average Bonchev–Trinajstić information content (AvgIpc) is 2.37. The first kappa shape index (κ1) is 14.6. The Labute approximate surface area is 109 Å². The molecule has 1 unspecified atom stereocenters. The number of nitrogens with one attached hydrogen (secondary N) is 1. The number of hydrogen-bond acceptors (Lipinski definition) is 2. The van der Waals surface area contributed by atoms with Gasteiger partial charge in [0.15, 0.2) is 0 Å². The van der Waals surface area contributed by atoms with Gasteiger partial charge in [-0.25, -0.2) is 4.79 Å². The van der Waals surface area contributed by atoms with Crippen molar-refractivity contribution in [3.8, 4) is 0 Å². The maximum absolute atomic E-state index is 11.0.